The van der Waals surface area contributed by atoms with E-state index in [4.69, 9.17) is 11.4 Å². The Morgan fingerprint density at radius 2 is 1.33 bits per heavy atom. The van der Waals surface area contributed by atoms with E-state index >= 15 is 0 Å². The fourth-order valence-corrected chi connectivity index (χ4v) is 5.50. The summed E-state index contributed by atoms with van der Waals surface area (Å²) in [6.45, 7) is 8.97. The molecule has 194 valence electrons. The van der Waals surface area contributed by atoms with Crippen molar-refractivity contribution in [1.29, 1.82) is 0 Å². The van der Waals surface area contributed by atoms with Crippen molar-refractivity contribution in [3.8, 4) is 23.6 Å². The summed E-state index contributed by atoms with van der Waals surface area (Å²) in [4.78, 5) is 5.31. The molecule has 1 unspecified atom stereocenters. The maximum absolute atomic E-state index is 5.81. The first-order valence-electron chi connectivity index (χ1n) is 13.8. The first-order chi connectivity index (χ1) is 19.0. The standard InChI is InChI=1S/C37H36N2/c1-6-14-28-17-12-21-30(26(4)5)36(28)39-37(33-20-10-9-18-29(33)25(2)3)35-24-13-23-34(38-35)32-22-11-16-27-15-7-8-19-31(27)32/h1,7-13,15-26,37,39H,14H2,2-5H3. The minimum absolute atomic E-state index is 0.144. The van der Waals surface area contributed by atoms with Crippen LogP contribution in [0.2, 0.25) is 0 Å². The zero-order valence-electron chi connectivity index (χ0n) is 23.3. The third-order valence-corrected chi connectivity index (χ3v) is 7.45. The molecule has 0 saturated heterocycles. The second-order valence-corrected chi connectivity index (χ2v) is 10.8. The van der Waals surface area contributed by atoms with Crippen molar-refractivity contribution in [1.82, 2.24) is 4.98 Å². The third-order valence-electron chi connectivity index (χ3n) is 7.45. The number of nitrogens with one attached hydrogen (secondary N) is 1. The van der Waals surface area contributed by atoms with Crippen LogP contribution in [0, 0.1) is 12.3 Å². The highest BCUT2D eigenvalue weighted by atomic mass is 15.0. The summed E-state index contributed by atoms with van der Waals surface area (Å²) in [6, 6.07) is 36.4. The lowest BCUT2D eigenvalue weighted by molar-refractivity contribution is 0.797. The van der Waals surface area contributed by atoms with Gasteiger partial charge in [-0.25, -0.2) is 0 Å². The zero-order chi connectivity index (χ0) is 27.4. The number of benzene rings is 4. The average molecular weight is 509 g/mol. The summed E-state index contributed by atoms with van der Waals surface area (Å²) in [5.74, 6) is 3.59. The molecule has 2 nitrogen and oxygen atoms in total. The summed E-state index contributed by atoms with van der Waals surface area (Å²) < 4.78 is 0. The molecule has 0 saturated carbocycles. The van der Waals surface area contributed by atoms with Crippen LogP contribution in [0.5, 0.6) is 0 Å². The summed E-state index contributed by atoms with van der Waals surface area (Å²) in [6.07, 6.45) is 6.39. The minimum atomic E-state index is -0.144. The van der Waals surface area contributed by atoms with Crippen LogP contribution in [0.1, 0.15) is 73.5 Å². The maximum Gasteiger partial charge on any atom is 0.0943 e. The summed E-state index contributed by atoms with van der Waals surface area (Å²) in [7, 11) is 0. The largest absolute Gasteiger partial charge is 0.372 e. The number of aromatic nitrogens is 1. The molecular weight excluding hydrogens is 472 g/mol. The number of fused-ring (bicyclic) bond motifs is 1. The van der Waals surface area contributed by atoms with Gasteiger partial charge in [-0.15, -0.1) is 12.3 Å². The predicted octanol–water partition coefficient (Wildman–Crippen LogP) is 9.53. The van der Waals surface area contributed by atoms with Gasteiger partial charge in [-0.3, -0.25) is 4.98 Å². The number of nitrogens with zero attached hydrogens (tertiary/aromatic N) is 1. The Kier molecular flexibility index (Phi) is 7.80. The number of anilines is 1. The summed E-state index contributed by atoms with van der Waals surface area (Å²) >= 11 is 0. The van der Waals surface area contributed by atoms with Crippen LogP contribution in [-0.2, 0) is 6.42 Å². The van der Waals surface area contributed by atoms with Crippen molar-refractivity contribution in [2.75, 3.05) is 5.32 Å². The van der Waals surface area contributed by atoms with Gasteiger partial charge in [0.05, 0.1) is 17.4 Å². The molecule has 5 aromatic rings. The quantitative estimate of drug-likeness (QED) is 0.211. The SMILES string of the molecule is C#CCc1cccc(C(C)C)c1NC(c1cccc(-c2cccc3ccccc23)n1)c1ccccc1C(C)C. The molecule has 0 aliphatic carbocycles. The number of para-hydroxylation sites is 1. The topological polar surface area (TPSA) is 24.9 Å². The molecule has 39 heavy (non-hydrogen) atoms. The number of hydrogen-bond acceptors (Lipinski definition) is 2. The monoisotopic (exact) mass is 508 g/mol. The fourth-order valence-electron chi connectivity index (χ4n) is 5.50. The molecule has 1 atom stereocenters. The van der Waals surface area contributed by atoms with Gasteiger partial charge < -0.3 is 5.32 Å². The number of rotatable bonds is 8. The second-order valence-electron chi connectivity index (χ2n) is 10.8. The Morgan fingerprint density at radius 3 is 2.10 bits per heavy atom. The van der Waals surface area contributed by atoms with Gasteiger partial charge in [0.1, 0.15) is 0 Å². The van der Waals surface area contributed by atoms with E-state index in [1.807, 2.05) is 0 Å². The van der Waals surface area contributed by atoms with Crippen LogP contribution in [0.25, 0.3) is 22.0 Å². The smallest absolute Gasteiger partial charge is 0.0943 e. The summed E-state index contributed by atoms with van der Waals surface area (Å²) in [5, 5.41) is 6.39. The molecule has 1 N–H and O–H groups in total. The van der Waals surface area contributed by atoms with Gasteiger partial charge in [-0.2, -0.15) is 0 Å². The fraction of sp³-hybridized carbons (Fsp3) is 0.216. The molecule has 0 aliphatic heterocycles. The average Bonchev–Trinajstić information content (AvgIpc) is 2.96. The molecular formula is C37H36N2. The molecule has 1 aromatic heterocycles. The van der Waals surface area contributed by atoms with E-state index in [1.165, 1.54) is 27.5 Å². The maximum atomic E-state index is 5.81. The van der Waals surface area contributed by atoms with E-state index in [2.05, 4.69) is 142 Å². The Hall–Kier alpha value is -4.35. The lowest BCUT2D eigenvalue weighted by Gasteiger charge is -2.28. The first-order valence-corrected chi connectivity index (χ1v) is 13.8. The minimum Gasteiger partial charge on any atom is -0.372 e. The highest BCUT2D eigenvalue weighted by Crippen LogP contribution is 2.37. The Balaban J connectivity index is 1.70. The van der Waals surface area contributed by atoms with Crippen LogP contribution >= 0.6 is 0 Å². The van der Waals surface area contributed by atoms with Crippen molar-refractivity contribution < 1.29 is 0 Å². The van der Waals surface area contributed by atoms with E-state index < -0.39 is 0 Å². The van der Waals surface area contributed by atoms with Crippen molar-refractivity contribution in [3.05, 3.63) is 131 Å². The van der Waals surface area contributed by atoms with Crippen LogP contribution in [0.4, 0.5) is 5.69 Å². The Morgan fingerprint density at radius 1 is 0.692 bits per heavy atom. The van der Waals surface area contributed by atoms with Crippen molar-refractivity contribution >= 4 is 16.5 Å². The molecule has 0 fully saturated rings. The molecule has 0 bridgehead atoms. The van der Waals surface area contributed by atoms with Crippen molar-refractivity contribution in [3.63, 3.8) is 0 Å². The van der Waals surface area contributed by atoms with Gasteiger partial charge in [0.25, 0.3) is 0 Å². The lowest BCUT2D eigenvalue weighted by Crippen LogP contribution is -2.19. The van der Waals surface area contributed by atoms with Gasteiger partial charge in [0.15, 0.2) is 0 Å². The number of terminal acetylenes is 1. The molecule has 4 aromatic carbocycles. The van der Waals surface area contributed by atoms with E-state index in [9.17, 15) is 0 Å². The van der Waals surface area contributed by atoms with Gasteiger partial charge in [-0.05, 0) is 57.0 Å². The molecule has 0 aliphatic rings. The van der Waals surface area contributed by atoms with Crippen LogP contribution in [0.3, 0.4) is 0 Å². The number of hydrogen-bond donors (Lipinski definition) is 1. The third kappa shape index (κ3) is 5.45. The predicted molar refractivity (Wildman–Crippen MR) is 166 cm³/mol. The van der Waals surface area contributed by atoms with Crippen LogP contribution in [-0.4, -0.2) is 4.98 Å². The molecule has 5 rings (SSSR count). The molecule has 0 radical (unpaired) electrons. The van der Waals surface area contributed by atoms with E-state index in [1.54, 1.807) is 0 Å². The number of pyridine rings is 1. The first kappa shape index (κ1) is 26.3. The molecule has 2 heteroatoms. The lowest BCUT2D eigenvalue weighted by atomic mass is 9.89. The van der Waals surface area contributed by atoms with Crippen molar-refractivity contribution in [2.45, 2.75) is 52.0 Å². The van der Waals surface area contributed by atoms with E-state index in [-0.39, 0.29) is 6.04 Å². The van der Waals surface area contributed by atoms with Crippen LogP contribution in [0.15, 0.2) is 103 Å². The highest BCUT2D eigenvalue weighted by molar-refractivity contribution is 5.95. The summed E-state index contributed by atoms with van der Waals surface area (Å²) in [5.41, 5.74) is 9.17. The zero-order valence-corrected chi connectivity index (χ0v) is 23.3. The van der Waals surface area contributed by atoms with Gasteiger partial charge >= 0.3 is 0 Å². The van der Waals surface area contributed by atoms with Gasteiger partial charge in [-0.1, -0.05) is 119 Å². The highest BCUT2D eigenvalue weighted by Gasteiger charge is 2.23. The Labute approximate surface area is 233 Å². The van der Waals surface area contributed by atoms with Crippen LogP contribution < -0.4 is 5.32 Å². The molecule has 0 amide bonds. The van der Waals surface area contributed by atoms with Crippen molar-refractivity contribution in [2.24, 2.45) is 0 Å². The van der Waals surface area contributed by atoms with E-state index in [0.717, 1.165) is 28.2 Å². The normalized spacial score (nSPS) is 12.0. The second kappa shape index (κ2) is 11.6. The Bertz CT molecular complexity index is 1630. The van der Waals surface area contributed by atoms with Gasteiger partial charge in [0.2, 0.25) is 0 Å². The molecule has 1 heterocycles. The van der Waals surface area contributed by atoms with E-state index in [0.29, 0.717) is 18.3 Å². The molecule has 0 spiro atoms. The van der Waals surface area contributed by atoms with Gasteiger partial charge in [0, 0.05) is 17.7 Å².